The summed E-state index contributed by atoms with van der Waals surface area (Å²) < 4.78 is 5.36. The van der Waals surface area contributed by atoms with E-state index in [0.717, 1.165) is 6.54 Å². The molecule has 0 spiro atoms. The molecule has 0 rings (SSSR count). The first-order chi connectivity index (χ1) is 5.06. The molecule has 0 heterocycles. The third kappa shape index (κ3) is 5.67. The lowest BCUT2D eigenvalue weighted by Gasteiger charge is -2.18. The maximum atomic E-state index is 5.36. The zero-order chi connectivity index (χ0) is 8.85. The second kappa shape index (κ2) is 4.97. The van der Waals surface area contributed by atoms with Gasteiger partial charge in [-0.15, -0.1) is 0 Å². The van der Waals surface area contributed by atoms with Crippen molar-refractivity contribution in [3.05, 3.63) is 25.0 Å². The maximum absolute atomic E-state index is 5.36. The first-order valence-corrected chi connectivity index (χ1v) is 3.69. The summed E-state index contributed by atoms with van der Waals surface area (Å²) in [5.74, 6) is 0.638. The molecule has 0 aliphatic rings. The second-order valence-electron chi connectivity index (χ2n) is 2.86. The standard InChI is InChI=1S/C9H17NO/c1-6-8(2)11-9(3)7-10(4)5/h6,9H,1-2,7H2,3-5H3/t9-/m1/s1. The Kier molecular flexibility index (Phi) is 4.62. The van der Waals surface area contributed by atoms with Crippen LogP contribution in [0, 0.1) is 0 Å². The SMILES string of the molecule is C=CC(=C)O[C@H](C)CN(C)C. The molecule has 0 aromatic rings. The summed E-state index contributed by atoms with van der Waals surface area (Å²) >= 11 is 0. The summed E-state index contributed by atoms with van der Waals surface area (Å²) in [6.07, 6.45) is 1.79. The molecule has 0 unspecified atom stereocenters. The number of ether oxygens (including phenoxy) is 1. The molecule has 0 amide bonds. The Hall–Kier alpha value is -0.760. The van der Waals surface area contributed by atoms with E-state index in [-0.39, 0.29) is 6.10 Å². The van der Waals surface area contributed by atoms with Gasteiger partial charge in [-0.25, -0.2) is 0 Å². The average Bonchev–Trinajstić information content (AvgIpc) is 1.85. The first kappa shape index (κ1) is 10.2. The lowest BCUT2D eigenvalue weighted by atomic mass is 10.4. The molecule has 0 aliphatic carbocycles. The molecule has 0 aromatic heterocycles. The van der Waals surface area contributed by atoms with Crippen LogP contribution in [-0.2, 0) is 4.74 Å². The molecule has 0 fully saturated rings. The van der Waals surface area contributed by atoms with Crippen LogP contribution in [0.15, 0.2) is 25.0 Å². The Bertz CT molecular complexity index is 140. The molecule has 0 aromatic carbocycles. The van der Waals surface area contributed by atoms with Crippen molar-refractivity contribution in [1.82, 2.24) is 4.90 Å². The van der Waals surface area contributed by atoms with Crippen molar-refractivity contribution >= 4 is 0 Å². The molecule has 2 heteroatoms. The van der Waals surface area contributed by atoms with Gasteiger partial charge in [0.2, 0.25) is 0 Å². The number of nitrogens with zero attached hydrogens (tertiary/aromatic N) is 1. The van der Waals surface area contributed by atoms with E-state index in [1.54, 1.807) is 6.08 Å². The summed E-state index contributed by atoms with van der Waals surface area (Å²) in [6.45, 7) is 10.1. The van der Waals surface area contributed by atoms with Crippen LogP contribution in [0.2, 0.25) is 0 Å². The van der Waals surface area contributed by atoms with Gasteiger partial charge in [-0.1, -0.05) is 13.2 Å². The molecule has 0 radical (unpaired) electrons. The van der Waals surface area contributed by atoms with E-state index in [9.17, 15) is 0 Å². The zero-order valence-electron chi connectivity index (χ0n) is 7.63. The number of rotatable bonds is 5. The monoisotopic (exact) mass is 155 g/mol. The van der Waals surface area contributed by atoms with Crippen molar-refractivity contribution in [1.29, 1.82) is 0 Å². The molecule has 0 saturated carbocycles. The van der Waals surface area contributed by atoms with Gasteiger partial charge in [0.25, 0.3) is 0 Å². The van der Waals surface area contributed by atoms with Gasteiger partial charge in [0.1, 0.15) is 11.9 Å². The molecule has 11 heavy (non-hydrogen) atoms. The molecular formula is C9H17NO. The number of likely N-dealkylation sites (N-methyl/N-ethyl adjacent to an activating group) is 1. The van der Waals surface area contributed by atoms with Crippen molar-refractivity contribution < 1.29 is 4.74 Å². The number of hydrogen-bond donors (Lipinski definition) is 0. The van der Waals surface area contributed by atoms with E-state index in [1.807, 2.05) is 21.0 Å². The Labute approximate surface area is 69.2 Å². The van der Waals surface area contributed by atoms with Crippen LogP contribution >= 0.6 is 0 Å². The highest BCUT2D eigenvalue weighted by Gasteiger charge is 2.03. The number of hydrogen-bond acceptors (Lipinski definition) is 2. The summed E-state index contributed by atoms with van der Waals surface area (Å²) in [4.78, 5) is 2.07. The Morgan fingerprint density at radius 2 is 2.18 bits per heavy atom. The minimum Gasteiger partial charge on any atom is -0.490 e. The Morgan fingerprint density at radius 3 is 2.55 bits per heavy atom. The van der Waals surface area contributed by atoms with Crippen LogP contribution in [0.1, 0.15) is 6.92 Å². The van der Waals surface area contributed by atoms with Crippen LogP contribution < -0.4 is 0 Å². The predicted molar refractivity (Wildman–Crippen MR) is 48.4 cm³/mol. The highest BCUT2D eigenvalue weighted by atomic mass is 16.5. The fourth-order valence-corrected chi connectivity index (χ4v) is 0.858. The van der Waals surface area contributed by atoms with Crippen LogP contribution in [0.4, 0.5) is 0 Å². The highest BCUT2D eigenvalue weighted by molar-refractivity contribution is 5.02. The largest absolute Gasteiger partial charge is 0.490 e. The van der Waals surface area contributed by atoms with Gasteiger partial charge in [-0.2, -0.15) is 0 Å². The first-order valence-electron chi connectivity index (χ1n) is 3.69. The smallest absolute Gasteiger partial charge is 0.112 e. The van der Waals surface area contributed by atoms with Crippen molar-refractivity contribution in [3.8, 4) is 0 Å². The summed E-state index contributed by atoms with van der Waals surface area (Å²) in [5, 5.41) is 0. The second-order valence-corrected chi connectivity index (χ2v) is 2.86. The van der Waals surface area contributed by atoms with Crippen LogP contribution in [0.5, 0.6) is 0 Å². The molecule has 1 atom stereocenters. The topological polar surface area (TPSA) is 12.5 Å². The lowest BCUT2D eigenvalue weighted by Crippen LogP contribution is -2.25. The fourth-order valence-electron chi connectivity index (χ4n) is 0.858. The van der Waals surface area contributed by atoms with Gasteiger partial charge in [-0.05, 0) is 27.1 Å². The van der Waals surface area contributed by atoms with Crippen molar-refractivity contribution in [2.75, 3.05) is 20.6 Å². The normalized spacial score (nSPS) is 12.7. The minimum absolute atomic E-state index is 0.176. The van der Waals surface area contributed by atoms with Crippen molar-refractivity contribution in [2.24, 2.45) is 0 Å². The summed E-state index contributed by atoms with van der Waals surface area (Å²) in [5.41, 5.74) is 0. The maximum Gasteiger partial charge on any atom is 0.112 e. The zero-order valence-corrected chi connectivity index (χ0v) is 7.63. The predicted octanol–water partition coefficient (Wildman–Crippen LogP) is 1.65. The Balaban J connectivity index is 3.59. The Morgan fingerprint density at radius 1 is 1.64 bits per heavy atom. The molecular weight excluding hydrogens is 138 g/mol. The van der Waals surface area contributed by atoms with Gasteiger partial charge in [0, 0.05) is 6.54 Å². The third-order valence-corrected chi connectivity index (χ3v) is 1.20. The molecule has 0 saturated heterocycles. The minimum atomic E-state index is 0.176. The summed E-state index contributed by atoms with van der Waals surface area (Å²) in [6, 6.07) is 0. The van der Waals surface area contributed by atoms with Gasteiger partial charge in [-0.3, -0.25) is 0 Å². The van der Waals surface area contributed by atoms with Gasteiger partial charge >= 0.3 is 0 Å². The molecule has 0 N–H and O–H groups in total. The molecule has 64 valence electrons. The fraction of sp³-hybridized carbons (Fsp3) is 0.556. The molecule has 0 bridgehead atoms. The third-order valence-electron chi connectivity index (χ3n) is 1.20. The summed E-state index contributed by atoms with van der Waals surface area (Å²) in [7, 11) is 4.02. The van der Waals surface area contributed by atoms with Gasteiger partial charge < -0.3 is 9.64 Å². The van der Waals surface area contributed by atoms with Crippen molar-refractivity contribution in [3.63, 3.8) is 0 Å². The molecule has 0 aliphatic heterocycles. The average molecular weight is 155 g/mol. The van der Waals surface area contributed by atoms with Crippen LogP contribution in [0.3, 0.4) is 0 Å². The lowest BCUT2D eigenvalue weighted by molar-refractivity contribution is 0.113. The quantitative estimate of drug-likeness (QED) is 0.442. The van der Waals surface area contributed by atoms with E-state index in [4.69, 9.17) is 4.74 Å². The van der Waals surface area contributed by atoms with Crippen LogP contribution in [0.25, 0.3) is 0 Å². The van der Waals surface area contributed by atoms with E-state index in [0.29, 0.717) is 5.76 Å². The van der Waals surface area contributed by atoms with Crippen molar-refractivity contribution in [2.45, 2.75) is 13.0 Å². The van der Waals surface area contributed by atoms with Gasteiger partial charge in [0.05, 0.1) is 0 Å². The van der Waals surface area contributed by atoms with E-state index in [1.165, 1.54) is 0 Å². The van der Waals surface area contributed by atoms with Gasteiger partial charge in [0.15, 0.2) is 0 Å². The van der Waals surface area contributed by atoms with E-state index in [2.05, 4.69) is 18.1 Å². The molecule has 2 nitrogen and oxygen atoms in total. The number of allylic oxidation sites excluding steroid dienone is 1. The van der Waals surface area contributed by atoms with E-state index >= 15 is 0 Å². The van der Waals surface area contributed by atoms with E-state index < -0.39 is 0 Å². The highest BCUT2D eigenvalue weighted by Crippen LogP contribution is 2.01. The van der Waals surface area contributed by atoms with Crippen LogP contribution in [-0.4, -0.2) is 31.6 Å².